The Morgan fingerprint density at radius 2 is 2.17 bits per heavy atom. The summed E-state index contributed by atoms with van der Waals surface area (Å²) in [6.45, 7) is 1.75. The number of rotatable bonds is 0. The first-order valence-corrected chi connectivity index (χ1v) is 4.64. The fourth-order valence-corrected chi connectivity index (χ4v) is 1.67. The van der Waals surface area contributed by atoms with Crippen LogP contribution in [-0.4, -0.2) is 5.11 Å². The summed E-state index contributed by atoms with van der Waals surface area (Å²) in [5, 5.41) is 10.3. The van der Waals surface area contributed by atoms with E-state index in [1.807, 2.05) is 18.2 Å². The lowest BCUT2D eigenvalue weighted by Crippen LogP contribution is -1.68. The van der Waals surface area contributed by atoms with E-state index in [0.717, 1.165) is 14.5 Å². The van der Waals surface area contributed by atoms with Crippen molar-refractivity contribution < 1.29 is 9.52 Å². The number of hydrogen-bond donors (Lipinski definition) is 1. The third-order valence-electron chi connectivity index (χ3n) is 1.79. The van der Waals surface area contributed by atoms with Crippen molar-refractivity contribution in [1.29, 1.82) is 0 Å². The minimum atomic E-state index is 0.253. The van der Waals surface area contributed by atoms with Crippen LogP contribution in [0.3, 0.4) is 0 Å². The highest BCUT2D eigenvalue weighted by Crippen LogP contribution is 2.31. The van der Waals surface area contributed by atoms with Crippen molar-refractivity contribution in [1.82, 2.24) is 0 Å². The summed E-state index contributed by atoms with van der Waals surface area (Å²) in [4.78, 5) is 0. The molecule has 0 aliphatic rings. The van der Waals surface area contributed by atoms with Crippen molar-refractivity contribution in [3.05, 3.63) is 27.5 Å². The Hall–Kier alpha value is -0.710. The highest BCUT2D eigenvalue weighted by atomic mass is 127. The Morgan fingerprint density at radius 3 is 2.92 bits per heavy atom. The highest BCUT2D eigenvalue weighted by molar-refractivity contribution is 14.1. The predicted octanol–water partition coefficient (Wildman–Crippen LogP) is 3.05. The van der Waals surface area contributed by atoms with E-state index in [9.17, 15) is 5.11 Å². The Kier molecular flexibility index (Phi) is 1.75. The van der Waals surface area contributed by atoms with Gasteiger partial charge in [-0.3, -0.25) is 0 Å². The zero-order valence-electron chi connectivity index (χ0n) is 6.47. The Morgan fingerprint density at radius 1 is 1.42 bits per heavy atom. The lowest BCUT2D eigenvalue weighted by molar-refractivity contribution is 0.451. The molecule has 0 saturated carbocycles. The maximum absolute atomic E-state index is 9.53. The largest absolute Gasteiger partial charge is 0.504 e. The van der Waals surface area contributed by atoms with Gasteiger partial charge in [0.25, 0.3) is 0 Å². The van der Waals surface area contributed by atoms with Gasteiger partial charge in [0, 0.05) is 3.57 Å². The first kappa shape index (κ1) is 7.91. The van der Waals surface area contributed by atoms with Gasteiger partial charge in [-0.1, -0.05) is 0 Å². The van der Waals surface area contributed by atoms with Gasteiger partial charge < -0.3 is 9.52 Å². The third-order valence-corrected chi connectivity index (χ3v) is 2.46. The molecule has 0 bridgehead atoms. The molecule has 0 atom stereocenters. The molecule has 0 amide bonds. The normalized spacial score (nSPS) is 10.8. The molecule has 12 heavy (non-hydrogen) atoms. The molecule has 0 aliphatic carbocycles. The van der Waals surface area contributed by atoms with Crippen LogP contribution in [-0.2, 0) is 0 Å². The molecule has 0 spiro atoms. The SMILES string of the molecule is Cc1oc2ccc(I)cc2c1O. The molecule has 3 heteroatoms. The van der Waals surface area contributed by atoms with Crippen LogP contribution in [0.5, 0.6) is 5.75 Å². The molecule has 0 unspecified atom stereocenters. The van der Waals surface area contributed by atoms with Crippen molar-refractivity contribution in [2.24, 2.45) is 0 Å². The number of benzene rings is 1. The van der Waals surface area contributed by atoms with Crippen LogP contribution in [0.15, 0.2) is 22.6 Å². The van der Waals surface area contributed by atoms with Crippen LogP contribution in [0.25, 0.3) is 11.0 Å². The van der Waals surface area contributed by atoms with E-state index >= 15 is 0 Å². The topological polar surface area (TPSA) is 33.4 Å². The number of hydrogen-bond acceptors (Lipinski definition) is 2. The van der Waals surface area contributed by atoms with Crippen LogP contribution in [0, 0.1) is 10.5 Å². The fourth-order valence-electron chi connectivity index (χ4n) is 1.18. The second-order valence-corrected chi connectivity index (χ2v) is 3.89. The highest BCUT2D eigenvalue weighted by Gasteiger charge is 2.08. The van der Waals surface area contributed by atoms with E-state index in [4.69, 9.17) is 4.42 Å². The molecule has 0 radical (unpaired) electrons. The zero-order valence-corrected chi connectivity index (χ0v) is 8.62. The van der Waals surface area contributed by atoms with Gasteiger partial charge in [-0.05, 0) is 47.7 Å². The predicted molar refractivity (Wildman–Crippen MR) is 55.3 cm³/mol. The van der Waals surface area contributed by atoms with Crippen molar-refractivity contribution in [3.8, 4) is 5.75 Å². The summed E-state index contributed by atoms with van der Waals surface area (Å²) in [5.41, 5.74) is 0.741. The van der Waals surface area contributed by atoms with E-state index in [2.05, 4.69) is 22.6 Å². The Labute approximate surface area is 83.3 Å². The average molecular weight is 274 g/mol. The van der Waals surface area contributed by atoms with Crippen LogP contribution < -0.4 is 0 Å². The second-order valence-electron chi connectivity index (χ2n) is 2.65. The number of halogens is 1. The molecule has 1 aromatic carbocycles. The molecule has 2 rings (SSSR count). The van der Waals surface area contributed by atoms with E-state index in [1.54, 1.807) is 6.92 Å². The van der Waals surface area contributed by atoms with Crippen LogP contribution in [0.1, 0.15) is 5.76 Å². The number of furan rings is 1. The summed E-state index contributed by atoms with van der Waals surface area (Å²) in [7, 11) is 0. The number of aromatic hydroxyl groups is 1. The molecule has 62 valence electrons. The third kappa shape index (κ3) is 1.08. The molecule has 1 aromatic heterocycles. The molecule has 0 aliphatic heterocycles. The molecule has 2 nitrogen and oxygen atoms in total. The molecule has 2 aromatic rings. The first-order chi connectivity index (χ1) is 5.68. The van der Waals surface area contributed by atoms with Gasteiger partial charge in [-0.25, -0.2) is 0 Å². The van der Waals surface area contributed by atoms with Crippen molar-refractivity contribution in [3.63, 3.8) is 0 Å². The van der Waals surface area contributed by atoms with Crippen molar-refractivity contribution in [2.75, 3.05) is 0 Å². The second kappa shape index (κ2) is 2.65. The van der Waals surface area contributed by atoms with Gasteiger partial charge >= 0.3 is 0 Å². The monoisotopic (exact) mass is 274 g/mol. The fraction of sp³-hybridized carbons (Fsp3) is 0.111. The Bertz CT molecular complexity index is 431. The van der Waals surface area contributed by atoms with E-state index in [0.29, 0.717) is 5.76 Å². The van der Waals surface area contributed by atoms with Crippen LogP contribution >= 0.6 is 22.6 Å². The molecule has 0 saturated heterocycles. The summed E-state index contributed by atoms with van der Waals surface area (Å²) in [6, 6.07) is 5.72. The molecular weight excluding hydrogens is 267 g/mol. The standard InChI is InChI=1S/C9H7IO2/c1-5-9(11)7-4-6(10)2-3-8(7)12-5/h2-4,11H,1H3. The smallest absolute Gasteiger partial charge is 0.164 e. The van der Waals surface area contributed by atoms with Crippen LogP contribution in [0.2, 0.25) is 0 Å². The van der Waals surface area contributed by atoms with Gasteiger partial charge in [0.2, 0.25) is 0 Å². The summed E-state index contributed by atoms with van der Waals surface area (Å²) in [5.74, 6) is 0.829. The minimum absolute atomic E-state index is 0.253. The van der Waals surface area contributed by atoms with E-state index in [1.165, 1.54) is 0 Å². The van der Waals surface area contributed by atoms with Gasteiger partial charge in [-0.15, -0.1) is 0 Å². The summed E-state index contributed by atoms with van der Waals surface area (Å²) < 4.78 is 6.39. The van der Waals surface area contributed by atoms with Gasteiger partial charge in [-0.2, -0.15) is 0 Å². The van der Waals surface area contributed by atoms with Crippen LogP contribution in [0.4, 0.5) is 0 Å². The minimum Gasteiger partial charge on any atom is -0.504 e. The summed E-state index contributed by atoms with van der Waals surface area (Å²) in [6.07, 6.45) is 0. The number of fused-ring (bicyclic) bond motifs is 1. The van der Waals surface area contributed by atoms with Gasteiger partial charge in [0.1, 0.15) is 11.3 Å². The molecule has 1 heterocycles. The van der Waals surface area contributed by atoms with Crippen molar-refractivity contribution >= 4 is 33.6 Å². The average Bonchev–Trinajstić information content (AvgIpc) is 2.31. The molecular formula is C9H7IO2. The van der Waals surface area contributed by atoms with E-state index < -0.39 is 0 Å². The summed E-state index contributed by atoms with van der Waals surface area (Å²) >= 11 is 2.20. The zero-order chi connectivity index (χ0) is 8.72. The maximum Gasteiger partial charge on any atom is 0.164 e. The van der Waals surface area contributed by atoms with Gasteiger partial charge in [0.15, 0.2) is 5.75 Å². The lowest BCUT2D eigenvalue weighted by atomic mass is 10.2. The molecule has 1 N–H and O–H groups in total. The quantitative estimate of drug-likeness (QED) is 0.749. The van der Waals surface area contributed by atoms with Gasteiger partial charge in [0.05, 0.1) is 5.39 Å². The molecule has 0 fully saturated rings. The first-order valence-electron chi connectivity index (χ1n) is 3.56. The Balaban J connectivity index is 2.88. The number of aryl methyl sites for hydroxylation is 1. The lowest BCUT2D eigenvalue weighted by Gasteiger charge is -1.89. The van der Waals surface area contributed by atoms with Crippen molar-refractivity contribution in [2.45, 2.75) is 6.92 Å². The van der Waals surface area contributed by atoms with E-state index in [-0.39, 0.29) is 5.75 Å². The maximum atomic E-state index is 9.53.